The predicted molar refractivity (Wildman–Crippen MR) is 122 cm³/mol. The maximum Gasteiger partial charge on any atom is 0.329 e. The minimum absolute atomic E-state index is 0.0493. The predicted octanol–water partition coefficient (Wildman–Crippen LogP) is 4.36. The van der Waals surface area contributed by atoms with Crippen LogP contribution in [-0.2, 0) is 19.5 Å². The zero-order valence-electron chi connectivity index (χ0n) is 17.7. The van der Waals surface area contributed by atoms with Gasteiger partial charge in [0.15, 0.2) is 0 Å². The molecular formula is C23H25ClN6O. The van der Waals surface area contributed by atoms with Crippen molar-refractivity contribution in [2.45, 2.75) is 46.2 Å². The molecule has 0 unspecified atom stereocenters. The SMILES string of the molecule is CCCCc1c(Cl)n(CC)c(=O)n1Cc1ccc(-c2ccccc2-n2cnnn2)cc1. The molecule has 0 spiro atoms. The highest BCUT2D eigenvalue weighted by Crippen LogP contribution is 2.27. The summed E-state index contributed by atoms with van der Waals surface area (Å²) >= 11 is 6.53. The molecule has 0 fully saturated rings. The lowest BCUT2D eigenvalue weighted by Gasteiger charge is -2.11. The van der Waals surface area contributed by atoms with Crippen molar-refractivity contribution in [3.63, 3.8) is 0 Å². The molecule has 31 heavy (non-hydrogen) atoms. The Kier molecular flexibility index (Phi) is 6.32. The molecule has 4 rings (SSSR count). The van der Waals surface area contributed by atoms with Crippen LogP contribution in [0, 0.1) is 0 Å². The summed E-state index contributed by atoms with van der Waals surface area (Å²) in [6, 6.07) is 16.2. The smallest absolute Gasteiger partial charge is 0.290 e. The van der Waals surface area contributed by atoms with E-state index in [1.807, 2.05) is 35.8 Å². The Balaban J connectivity index is 1.65. The molecule has 0 aliphatic heterocycles. The second-order valence-corrected chi connectivity index (χ2v) is 7.78. The molecule has 0 atom stereocenters. The molecule has 8 heteroatoms. The summed E-state index contributed by atoms with van der Waals surface area (Å²) in [6.45, 7) is 5.15. The quantitative estimate of drug-likeness (QED) is 0.411. The second kappa shape index (κ2) is 9.31. The van der Waals surface area contributed by atoms with Crippen molar-refractivity contribution in [2.75, 3.05) is 0 Å². The summed E-state index contributed by atoms with van der Waals surface area (Å²) in [7, 11) is 0. The lowest BCUT2D eigenvalue weighted by atomic mass is 10.0. The van der Waals surface area contributed by atoms with E-state index in [-0.39, 0.29) is 5.69 Å². The van der Waals surface area contributed by atoms with Crippen molar-refractivity contribution in [1.82, 2.24) is 29.3 Å². The number of halogens is 1. The number of hydrogen-bond acceptors (Lipinski definition) is 4. The van der Waals surface area contributed by atoms with Gasteiger partial charge in [-0.2, -0.15) is 4.68 Å². The molecule has 2 heterocycles. The number of para-hydroxylation sites is 1. The van der Waals surface area contributed by atoms with Crippen LogP contribution < -0.4 is 5.69 Å². The zero-order valence-corrected chi connectivity index (χ0v) is 18.5. The number of imidazole rings is 1. The second-order valence-electron chi connectivity index (χ2n) is 7.42. The van der Waals surface area contributed by atoms with Gasteiger partial charge in [0.1, 0.15) is 11.5 Å². The Bertz CT molecular complexity index is 1210. The number of hydrogen-bond donors (Lipinski definition) is 0. The Labute approximate surface area is 185 Å². The molecule has 2 aromatic carbocycles. The molecule has 160 valence electrons. The number of rotatable bonds is 8. The average molecular weight is 437 g/mol. The van der Waals surface area contributed by atoms with E-state index >= 15 is 0 Å². The van der Waals surface area contributed by atoms with Crippen molar-refractivity contribution < 1.29 is 0 Å². The third-order valence-electron chi connectivity index (χ3n) is 5.45. The Morgan fingerprint density at radius 3 is 2.45 bits per heavy atom. The van der Waals surface area contributed by atoms with Gasteiger partial charge in [-0.25, -0.2) is 4.79 Å². The normalized spacial score (nSPS) is 11.2. The van der Waals surface area contributed by atoms with Gasteiger partial charge in [0, 0.05) is 12.1 Å². The van der Waals surface area contributed by atoms with Gasteiger partial charge >= 0.3 is 5.69 Å². The molecular weight excluding hydrogens is 412 g/mol. The fourth-order valence-electron chi connectivity index (χ4n) is 3.79. The minimum Gasteiger partial charge on any atom is -0.290 e. The van der Waals surface area contributed by atoms with Gasteiger partial charge < -0.3 is 0 Å². The summed E-state index contributed by atoms with van der Waals surface area (Å²) in [5.74, 6) is 0. The Morgan fingerprint density at radius 1 is 1.00 bits per heavy atom. The van der Waals surface area contributed by atoms with Gasteiger partial charge in [-0.1, -0.05) is 67.4 Å². The fraction of sp³-hybridized carbons (Fsp3) is 0.304. The van der Waals surface area contributed by atoms with Gasteiger partial charge in [-0.15, -0.1) is 5.10 Å². The summed E-state index contributed by atoms with van der Waals surface area (Å²) in [4.78, 5) is 12.9. The van der Waals surface area contributed by atoms with E-state index in [9.17, 15) is 4.79 Å². The van der Waals surface area contributed by atoms with Gasteiger partial charge in [-0.3, -0.25) is 9.13 Å². The summed E-state index contributed by atoms with van der Waals surface area (Å²) in [5, 5.41) is 12.0. The van der Waals surface area contributed by atoms with Crippen molar-refractivity contribution >= 4 is 11.6 Å². The van der Waals surface area contributed by atoms with Crippen LogP contribution in [0.4, 0.5) is 0 Å². The molecule has 7 nitrogen and oxygen atoms in total. The van der Waals surface area contributed by atoms with Gasteiger partial charge in [0.25, 0.3) is 0 Å². The van der Waals surface area contributed by atoms with Crippen LogP contribution in [0.5, 0.6) is 0 Å². The first-order valence-electron chi connectivity index (χ1n) is 10.5. The average Bonchev–Trinajstić information content (AvgIpc) is 3.41. The molecule has 0 radical (unpaired) electrons. The first-order chi connectivity index (χ1) is 15.1. The van der Waals surface area contributed by atoms with E-state index < -0.39 is 0 Å². The first-order valence-corrected chi connectivity index (χ1v) is 10.9. The monoisotopic (exact) mass is 436 g/mol. The van der Waals surface area contributed by atoms with E-state index in [1.54, 1.807) is 15.6 Å². The molecule has 0 amide bonds. The first kappa shape index (κ1) is 21.1. The number of benzene rings is 2. The van der Waals surface area contributed by atoms with Crippen LogP contribution in [0.15, 0.2) is 59.7 Å². The number of nitrogens with zero attached hydrogens (tertiary/aromatic N) is 6. The molecule has 4 aromatic rings. The van der Waals surface area contributed by atoms with Crippen LogP contribution >= 0.6 is 11.6 Å². The molecule has 0 aliphatic rings. The topological polar surface area (TPSA) is 70.5 Å². The lowest BCUT2D eigenvalue weighted by Crippen LogP contribution is -2.25. The molecule has 0 saturated heterocycles. The highest BCUT2D eigenvalue weighted by molar-refractivity contribution is 6.30. The van der Waals surface area contributed by atoms with Crippen LogP contribution in [0.3, 0.4) is 0 Å². The van der Waals surface area contributed by atoms with Crippen molar-refractivity contribution in [3.8, 4) is 16.8 Å². The molecule has 0 bridgehead atoms. The van der Waals surface area contributed by atoms with E-state index in [2.05, 4.69) is 46.7 Å². The maximum absolute atomic E-state index is 12.9. The largest absolute Gasteiger partial charge is 0.329 e. The maximum atomic E-state index is 12.9. The molecule has 2 aromatic heterocycles. The van der Waals surface area contributed by atoms with Crippen molar-refractivity contribution in [3.05, 3.63) is 81.8 Å². The van der Waals surface area contributed by atoms with E-state index in [4.69, 9.17) is 11.6 Å². The van der Waals surface area contributed by atoms with E-state index in [0.29, 0.717) is 18.2 Å². The van der Waals surface area contributed by atoms with Gasteiger partial charge in [0.2, 0.25) is 0 Å². The Morgan fingerprint density at radius 2 is 1.77 bits per heavy atom. The molecule has 0 N–H and O–H groups in total. The van der Waals surface area contributed by atoms with Gasteiger partial charge in [-0.05, 0) is 47.4 Å². The van der Waals surface area contributed by atoms with Crippen LogP contribution in [-0.4, -0.2) is 29.3 Å². The van der Waals surface area contributed by atoms with E-state index in [1.165, 1.54) is 0 Å². The number of aromatic nitrogens is 6. The van der Waals surface area contributed by atoms with Crippen LogP contribution in [0.1, 0.15) is 37.9 Å². The van der Waals surface area contributed by atoms with Crippen LogP contribution in [0.2, 0.25) is 5.15 Å². The third-order valence-corrected chi connectivity index (χ3v) is 5.87. The summed E-state index contributed by atoms with van der Waals surface area (Å²) in [5.41, 5.74) is 4.91. The summed E-state index contributed by atoms with van der Waals surface area (Å²) in [6.07, 6.45) is 4.44. The van der Waals surface area contributed by atoms with E-state index in [0.717, 1.165) is 47.3 Å². The Hall–Kier alpha value is -3.19. The fourth-order valence-corrected chi connectivity index (χ4v) is 4.18. The number of unbranched alkanes of at least 4 members (excludes halogenated alkanes) is 1. The third kappa shape index (κ3) is 4.18. The van der Waals surface area contributed by atoms with Crippen molar-refractivity contribution in [1.29, 1.82) is 0 Å². The highest BCUT2D eigenvalue weighted by atomic mass is 35.5. The summed E-state index contributed by atoms with van der Waals surface area (Å²) < 4.78 is 5.10. The molecule has 0 aliphatic carbocycles. The van der Waals surface area contributed by atoms with Gasteiger partial charge in [0.05, 0.1) is 17.9 Å². The standard InChI is InChI=1S/C23H25ClN6O/c1-3-5-9-21-22(24)28(4-2)23(31)29(21)15-17-11-13-18(14-12-17)19-8-6-7-10-20(19)30-16-25-26-27-30/h6-8,10-14,16H,3-5,9,15H2,1-2H3. The number of tetrazole rings is 1. The highest BCUT2D eigenvalue weighted by Gasteiger charge is 2.17. The van der Waals surface area contributed by atoms with Crippen molar-refractivity contribution in [2.24, 2.45) is 0 Å². The minimum atomic E-state index is -0.0493. The zero-order chi connectivity index (χ0) is 21.8. The lowest BCUT2D eigenvalue weighted by molar-refractivity contribution is 0.647. The molecule has 0 saturated carbocycles. The van der Waals surface area contributed by atoms with Crippen LogP contribution in [0.25, 0.3) is 16.8 Å².